The Balaban J connectivity index is 1.96. The third kappa shape index (κ3) is 6.09. The molecule has 1 unspecified atom stereocenters. The molecule has 1 atom stereocenters. The molecule has 0 heterocycles. The fourth-order valence-corrected chi connectivity index (χ4v) is 3.10. The Morgan fingerprint density at radius 3 is 2.36 bits per heavy atom. The van der Waals surface area contributed by atoms with E-state index in [0.29, 0.717) is 12.1 Å². The summed E-state index contributed by atoms with van der Waals surface area (Å²) in [6.45, 7) is 6.31. The lowest BCUT2D eigenvalue weighted by atomic mass is 10.0. The highest BCUT2D eigenvalue weighted by Gasteiger charge is 2.19. The van der Waals surface area contributed by atoms with Gasteiger partial charge in [0.25, 0.3) is 5.91 Å². The maximum atomic E-state index is 12.3. The maximum absolute atomic E-state index is 12.3. The zero-order valence-electron chi connectivity index (χ0n) is 16.8. The van der Waals surface area contributed by atoms with Crippen LogP contribution in [0.15, 0.2) is 54.6 Å². The molecule has 6 heteroatoms. The standard InChI is InChI=1S/C22H29N3O3/c1-4-25(5-2)20(18-12-9-13-19(14-18)28-3)15-23-21(26)16-24-22(27)17-10-7-6-8-11-17/h6-14,20H,4-5,15-16H2,1-3H3,(H,23,26)(H,24,27). The number of amides is 2. The SMILES string of the molecule is CCN(CC)C(CNC(=O)CNC(=O)c1ccccc1)c1cccc(OC)c1. The van der Waals surface area contributed by atoms with Gasteiger partial charge in [0, 0.05) is 12.1 Å². The Labute approximate surface area is 166 Å². The summed E-state index contributed by atoms with van der Waals surface area (Å²) < 4.78 is 5.33. The summed E-state index contributed by atoms with van der Waals surface area (Å²) in [5.74, 6) is 0.310. The highest BCUT2D eigenvalue weighted by Crippen LogP contribution is 2.23. The molecule has 0 saturated carbocycles. The summed E-state index contributed by atoms with van der Waals surface area (Å²) in [6.07, 6.45) is 0. The third-order valence-corrected chi connectivity index (χ3v) is 4.67. The van der Waals surface area contributed by atoms with Gasteiger partial charge in [0.2, 0.25) is 5.91 Å². The lowest BCUT2D eigenvalue weighted by molar-refractivity contribution is -0.120. The van der Waals surface area contributed by atoms with Crippen molar-refractivity contribution in [3.05, 3.63) is 65.7 Å². The van der Waals surface area contributed by atoms with Gasteiger partial charge in [0.15, 0.2) is 0 Å². The fourth-order valence-electron chi connectivity index (χ4n) is 3.10. The van der Waals surface area contributed by atoms with E-state index in [1.807, 2.05) is 30.3 Å². The molecule has 0 aliphatic heterocycles. The van der Waals surface area contributed by atoms with E-state index in [-0.39, 0.29) is 24.4 Å². The molecule has 2 amide bonds. The quantitative estimate of drug-likeness (QED) is 0.662. The molecule has 2 aromatic carbocycles. The number of ether oxygens (including phenoxy) is 1. The van der Waals surface area contributed by atoms with Gasteiger partial charge in [-0.3, -0.25) is 14.5 Å². The first-order chi connectivity index (χ1) is 13.6. The fraction of sp³-hybridized carbons (Fsp3) is 0.364. The molecule has 28 heavy (non-hydrogen) atoms. The van der Waals surface area contributed by atoms with E-state index in [2.05, 4.69) is 29.4 Å². The van der Waals surface area contributed by atoms with Gasteiger partial charge in [-0.1, -0.05) is 44.2 Å². The van der Waals surface area contributed by atoms with Gasteiger partial charge < -0.3 is 15.4 Å². The molecule has 2 N–H and O–H groups in total. The van der Waals surface area contributed by atoms with Crippen LogP contribution in [0.5, 0.6) is 5.75 Å². The normalized spacial score (nSPS) is 11.7. The number of carbonyl (C=O) groups excluding carboxylic acids is 2. The summed E-state index contributed by atoms with van der Waals surface area (Å²) >= 11 is 0. The molecule has 2 rings (SSSR count). The number of benzene rings is 2. The van der Waals surface area contributed by atoms with E-state index < -0.39 is 0 Å². The minimum Gasteiger partial charge on any atom is -0.497 e. The molecule has 0 aliphatic carbocycles. The molecule has 0 spiro atoms. The molecule has 0 radical (unpaired) electrons. The summed E-state index contributed by atoms with van der Waals surface area (Å²) in [6, 6.07) is 16.8. The zero-order valence-corrected chi connectivity index (χ0v) is 16.8. The third-order valence-electron chi connectivity index (χ3n) is 4.67. The number of hydrogen-bond acceptors (Lipinski definition) is 4. The zero-order chi connectivity index (χ0) is 20.4. The van der Waals surface area contributed by atoms with Gasteiger partial charge in [-0.25, -0.2) is 0 Å². The highest BCUT2D eigenvalue weighted by molar-refractivity contribution is 5.96. The van der Waals surface area contributed by atoms with Crippen LogP contribution in [-0.2, 0) is 4.79 Å². The van der Waals surface area contributed by atoms with Crippen LogP contribution in [0.25, 0.3) is 0 Å². The van der Waals surface area contributed by atoms with E-state index in [1.54, 1.807) is 31.4 Å². The number of nitrogens with one attached hydrogen (secondary N) is 2. The molecular weight excluding hydrogens is 354 g/mol. The van der Waals surface area contributed by atoms with E-state index >= 15 is 0 Å². The number of likely N-dealkylation sites (N-methyl/N-ethyl adjacent to an activating group) is 1. The van der Waals surface area contributed by atoms with Crippen LogP contribution in [0.1, 0.15) is 35.8 Å². The molecule has 150 valence electrons. The number of carbonyl (C=O) groups is 2. The van der Waals surface area contributed by atoms with Crippen LogP contribution in [0, 0.1) is 0 Å². The van der Waals surface area contributed by atoms with E-state index in [1.165, 1.54) is 0 Å². The van der Waals surface area contributed by atoms with Crippen LogP contribution in [0.3, 0.4) is 0 Å². The van der Waals surface area contributed by atoms with Crippen molar-refractivity contribution in [1.29, 1.82) is 0 Å². The highest BCUT2D eigenvalue weighted by atomic mass is 16.5. The van der Waals surface area contributed by atoms with Crippen LogP contribution >= 0.6 is 0 Å². The Kier molecular flexibility index (Phi) is 8.49. The average molecular weight is 383 g/mol. The lowest BCUT2D eigenvalue weighted by Crippen LogP contribution is -2.42. The summed E-state index contributed by atoms with van der Waals surface area (Å²) in [4.78, 5) is 26.6. The number of hydrogen-bond donors (Lipinski definition) is 2. The maximum Gasteiger partial charge on any atom is 0.251 e. The molecule has 0 aliphatic rings. The second kappa shape index (κ2) is 11.1. The minimum atomic E-state index is -0.260. The lowest BCUT2D eigenvalue weighted by Gasteiger charge is -2.30. The molecule has 0 aromatic heterocycles. The van der Waals surface area contributed by atoms with Crippen molar-refractivity contribution in [2.24, 2.45) is 0 Å². The predicted molar refractivity (Wildman–Crippen MR) is 110 cm³/mol. The first-order valence-electron chi connectivity index (χ1n) is 9.57. The summed E-state index contributed by atoms with van der Waals surface area (Å²) in [7, 11) is 1.64. The Morgan fingerprint density at radius 2 is 1.71 bits per heavy atom. The Hall–Kier alpha value is -2.86. The largest absolute Gasteiger partial charge is 0.497 e. The number of rotatable bonds is 10. The van der Waals surface area contributed by atoms with Crippen molar-refractivity contribution in [2.45, 2.75) is 19.9 Å². The average Bonchev–Trinajstić information content (AvgIpc) is 2.75. The van der Waals surface area contributed by atoms with Crippen LogP contribution in [0.4, 0.5) is 0 Å². The van der Waals surface area contributed by atoms with Crippen molar-refractivity contribution in [2.75, 3.05) is 33.3 Å². The first-order valence-corrected chi connectivity index (χ1v) is 9.57. The summed E-state index contributed by atoms with van der Waals surface area (Å²) in [5, 5.41) is 5.59. The van der Waals surface area contributed by atoms with Crippen LogP contribution < -0.4 is 15.4 Å². The number of methoxy groups -OCH3 is 1. The minimum absolute atomic E-state index is 0.0267. The Morgan fingerprint density at radius 1 is 1.00 bits per heavy atom. The monoisotopic (exact) mass is 383 g/mol. The van der Waals surface area contributed by atoms with Crippen LogP contribution in [0.2, 0.25) is 0 Å². The van der Waals surface area contributed by atoms with Gasteiger partial charge >= 0.3 is 0 Å². The number of nitrogens with zero attached hydrogens (tertiary/aromatic N) is 1. The van der Waals surface area contributed by atoms with Gasteiger partial charge in [-0.2, -0.15) is 0 Å². The molecule has 0 bridgehead atoms. The molecule has 0 saturated heterocycles. The smallest absolute Gasteiger partial charge is 0.251 e. The first kappa shape index (κ1) is 21.4. The van der Waals surface area contributed by atoms with Gasteiger partial charge in [-0.15, -0.1) is 0 Å². The van der Waals surface area contributed by atoms with E-state index in [0.717, 1.165) is 24.4 Å². The van der Waals surface area contributed by atoms with Crippen molar-refractivity contribution < 1.29 is 14.3 Å². The van der Waals surface area contributed by atoms with Crippen LogP contribution in [-0.4, -0.2) is 50.0 Å². The van der Waals surface area contributed by atoms with Crippen molar-refractivity contribution in [1.82, 2.24) is 15.5 Å². The Bertz CT molecular complexity index is 761. The second-order valence-corrected chi connectivity index (χ2v) is 6.37. The predicted octanol–water partition coefficient (Wildman–Crippen LogP) is 2.62. The van der Waals surface area contributed by atoms with Crippen molar-refractivity contribution >= 4 is 11.8 Å². The van der Waals surface area contributed by atoms with Gasteiger partial charge in [0.1, 0.15) is 5.75 Å². The van der Waals surface area contributed by atoms with Gasteiger partial charge in [-0.05, 0) is 42.9 Å². The topological polar surface area (TPSA) is 70.7 Å². The molecule has 2 aromatic rings. The second-order valence-electron chi connectivity index (χ2n) is 6.37. The molecular formula is C22H29N3O3. The molecule has 0 fully saturated rings. The van der Waals surface area contributed by atoms with Crippen molar-refractivity contribution in [3.63, 3.8) is 0 Å². The summed E-state index contributed by atoms with van der Waals surface area (Å²) in [5.41, 5.74) is 1.62. The van der Waals surface area contributed by atoms with Crippen molar-refractivity contribution in [3.8, 4) is 5.75 Å². The van der Waals surface area contributed by atoms with Gasteiger partial charge in [0.05, 0.1) is 19.7 Å². The van der Waals surface area contributed by atoms with E-state index in [9.17, 15) is 9.59 Å². The van der Waals surface area contributed by atoms with E-state index in [4.69, 9.17) is 4.74 Å². The molecule has 6 nitrogen and oxygen atoms in total.